The number of nitrogens with zero attached hydrogens (tertiary/aromatic N) is 1. The first kappa shape index (κ1) is 14.6. The van der Waals surface area contributed by atoms with Crippen molar-refractivity contribution < 1.29 is 9.66 Å². The highest BCUT2D eigenvalue weighted by Gasteiger charge is 2.10. The third-order valence-corrected chi connectivity index (χ3v) is 3.40. The minimum atomic E-state index is -0.477. The zero-order valence-electron chi connectivity index (χ0n) is 10.2. The molecule has 0 fully saturated rings. The molecule has 2 rings (SSSR count). The number of nitrogens with two attached hydrogens (primary N) is 1. The van der Waals surface area contributed by atoms with E-state index in [9.17, 15) is 10.1 Å². The molecule has 0 heterocycles. The van der Waals surface area contributed by atoms with Crippen molar-refractivity contribution in [2.24, 2.45) is 0 Å². The van der Waals surface area contributed by atoms with Gasteiger partial charge < -0.3 is 10.5 Å². The van der Waals surface area contributed by atoms with Crippen molar-refractivity contribution in [2.45, 2.75) is 6.61 Å². The van der Waals surface area contributed by atoms with E-state index in [0.717, 1.165) is 4.47 Å². The number of halogens is 2. The van der Waals surface area contributed by atoms with E-state index in [0.29, 0.717) is 22.0 Å². The Morgan fingerprint density at radius 2 is 2.05 bits per heavy atom. The van der Waals surface area contributed by atoms with Crippen LogP contribution in [0.4, 0.5) is 11.4 Å². The van der Waals surface area contributed by atoms with Crippen LogP contribution in [0.2, 0.25) is 5.02 Å². The molecular formula is C13H10BrClN2O3. The highest BCUT2D eigenvalue weighted by molar-refractivity contribution is 9.10. The van der Waals surface area contributed by atoms with Gasteiger partial charge >= 0.3 is 0 Å². The van der Waals surface area contributed by atoms with Crippen LogP contribution < -0.4 is 10.5 Å². The van der Waals surface area contributed by atoms with Crippen molar-refractivity contribution in [2.75, 3.05) is 5.73 Å². The average molecular weight is 358 g/mol. The second-order valence-corrected chi connectivity index (χ2v) is 5.33. The van der Waals surface area contributed by atoms with Crippen molar-refractivity contribution in [3.05, 3.63) is 61.6 Å². The molecule has 0 bridgehead atoms. The van der Waals surface area contributed by atoms with E-state index in [1.54, 1.807) is 18.2 Å². The lowest BCUT2D eigenvalue weighted by Gasteiger charge is -2.10. The predicted molar refractivity (Wildman–Crippen MR) is 81.0 cm³/mol. The molecule has 5 nitrogen and oxygen atoms in total. The minimum absolute atomic E-state index is 0.0281. The number of nitro groups is 1. The van der Waals surface area contributed by atoms with Gasteiger partial charge in [-0.2, -0.15) is 0 Å². The first-order chi connectivity index (χ1) is 9.47. The predicted octanol–water partition coefficient (Wildman–Crippen LogP) is 4.17. The lowest BCUT2D eigenvalue weighted by atomic mass is 10.1. The Hall–Kier alpha value is -1.79. The Labute approximate surface area is 128 Å². The molecule has 2 aromatic rings. The average Bonchev–Trinajstić information content (AvgIpc) is 2.39. The molecule has 2 N–H and O–H groups in total. The molecule has 0 aliphatic heterocycles. The van der Waals surface area contributed by atoms with Crippen molar-refractivity contribution in [1.82, 2.24) is 0 Å². The van der Waals surface area contributed by atoms with Crippen LogP contribution in [0, 0.1) is 10.1 Å². The number of ether oxygens (including phenoxy) is 1. The summed E-state index contributed by atoms with van der Waals surface area (Å²) in [5, 5.41) is 11.2. The molecule has 0 spiro atoms. The van der Waals surface area contributed by atoms with Crippen LogP contribution in [0.3, 0.4) is 0 Å². The van der Waals surface area contributed by atoms with Crippen molar-refractivity contribution >= 4 is 38.9 Å². The van der Waals surface area contributed by atoms with Crippen LogP contribution in [0.15, 0.2) is 40.9 Å². The third-order valence-electron chi connectivity index (χ3n) is 2.61. The van der Waals surface area contributed by atoms with E-state index >= 15 is 0 Å². The van der Waals surface area contributed by atoms with Crippen molar-refractivity contribution in [3.63, 3.8) is 0 Å². The summed E-state index contributed by atoms with van der Waals surface area (Å²) in [6.07, 6.45) is 0. The summed E-state index contributed by atoms with van der Waals surface area (Å²) >= 11 is 9.32. The first-order valence-corrected chi connectivity index (χ1v) is 6.75. The Bertz CT molecular complexity index is 664. The summed E-state index contributed by atoms with van der Waals surface area (Å²) in [7, 11) is 0. The summed E-state index contributed by atoms with van der Waals surface area (Å²) < 4.78 is 6.38. The lowest BCUT2D eigenvalue weighted by molar-refractivity contribution is -0.384. The van der Waals surface area contributed by atoms with Gasteiger partial charge in [-0.15, -0.1) is 0 Å². The number of anilines is 1. The van der Waals surface area contributed by atoms with Gasteiger partial charge in [0.2, 0.25) is 0 Å². The van der Waals surface area contributed by atoms with Crippen LogP contribution in [-0.4, -0.2) is 4.92 Å². The van der Waals surface area contributed by atoms with Gasteiger partial charge in [0.1, 0.15) is 12.4 Å². The van der Waals surface area contributed by atoms with E-state index in [4.69, 9.17) is 22.1 Å². The van der Waals surface area contributed by atoms with E-state index in [2.05, 4.69) is 15.9 Å². The number of benzene rings is 2. The fourth-order valence-corrected chi connectivity index (χ4v) is 2.31. The quantitative estimate of drug-likeness (QED) is 0.506. The first-order valence-electron chi connectivity index (χ1n) is 5.58. The number of hydrogen-bond donors (Lipinski definition) is 1. The number of nitro benzene ring substituents is 1. The van der Waals surface area contributed by atoms with Crippen LogP contribution >= 0.6 is 27.5 Å². The third kappa shape index (κ3) is 3.40. The second kappa shape index (κ2) is 6.11. The largest absolute Gasteiger partial charge is 0.487 e. The lowest BCUT2D eigenvalue weighted by Crippen LogP contribution is -2.02. The number of rotatable bonds is 4. The van der Waals surface area contributed by atoms with Crippen LogP contribution in [0.1, 0.15) is 5.56 Å². The van der Waals surface area contributed by atoms with E-state index in [-0.39, 0.29) is 12.3 Å². The normalized spacial score (nSPS) is 10.3. The molecule has 7 heteroatoms. The molecule has 104 valence electrons. The van der Waals surface area contributed by atoms with Gasteiger partial charge in [-0.25, -0.2) is 0 Å². The fraction of sp³-hybridized carbons (Fsp3) is 0.0769. The molecule has 0 atom stereocenters. The Morgan fingerprint density at radius 3 is 2.70 bits per heavy atom. The molecule has 0 saturated heterocycles. The second-order valence-electron chi connectivity index (χ2n) is 4.00. The smallest absolute Gasteiger partial charge is 0.269 e. The molecule has 0 radical (unpaired) electrons. The van der Waals surface area contributed by atoms with Crippen molar-refractivity contribution in [1.29, 1.82) is 0 Å². The summed E-state index contributed by atoms with van der Waals surface area (Å²) in [4.78, 5) is 10.3. The van der Waals surface area contributed by atoms with Gasteiger partial charge in [-0.3, -0.25) is 10.1 Å². The summed E-state index contributed by atoms with van der Waals surface area (Å²) in [5.74, 6) is 0.487. The Balaban J connectivity index is 2.18. The molecule has 0 aliphatic rings. The van der Waals surface area contributed by atoms with Gasteiger partial charge in [0.15, 0.2) is 0 Å². The van der Waals surface area contributed by atoms with Crippen molar-refractivity contribution in [3.8, 4) is 5.75 Å². The number of nitrogen functional groups attached to an aromatic ring is 1. The maximum absolute atomic E-state index is 10.7. The standard InChI is InChI=1S/C13H10BrClN2O3/c14-9-1-4-13(11(15)6-9)20-7-8-5-10(17(18)19)2-3-12(8)16/h1-6H,7,16H2. The highest BCUT2D eigenvalue weighted by atomic mass is 79.9. The molecule has 0 unspecified atom stereocenters. The molecule has 2 aromatic carbocycles. The maximum Gasteiger partial charge on any atom is 0.269 e. The van der Waals surface area contributed by atoms with E-state index in [1.165, 1.54) is 18.2 Å². The van der Waals surface area contributed by atoms with Gasteiger partial charge in [0.05, 0.1) is 9.95 Å². The molecule has 20 heavy (non-hydrogen) atoms. The summed E-state index contributed by atoms with van der Waals surface area (Å²) in [5.41, 5.74) is 6.72. The highest BCUT2D eigenvalue weighted by Crippen LogP contribution is 2.29. The van der Waals surface area contributed by atoms with Gasteiger partial charge in [-0.1, -0.05) is 27.5 Å². The van der Waals surface area contributed by atoms with Gasteiger partial charge in [0, 0.05) is 27.9 Å². The maximum atomic E-state index is 10.7. The van der Waals surface area contributed by atoms with Gasteiger partial charge in [-0.05, 0) is 24.3 Å². The van der Waals surface area contributed by atoms with Gasteiger partial charge in [0.25, 0.3) is 5.69 Å². The van der Waals surface area contributed by atoms with Crippen LogP contribution in [0.25, 0.3) is 0 Å². The molecular weight excluding hydrogens is 348 g/mol. The molecule has 0 aliphatic carbocycles. The van der Waals surface area contributed by atoms with E-state index in [1.807, 2.05) is 0 Å². The Kier molecular flexibility index (Phi) is 4.46. The zero-order chi connectivity index (χ0) is 14.7. The van der Waals surface area contributed by atoms with E-state index < -0.39 is 4.92 Å². The fourth-order valence-electron chi connectivity index (χ4n) is 1.58. The SMILES string of the molecule is Nc1ccc([N+](=O)[O-])cc1COc1ccc(Br)cc1Cl. The molecule has 0 saturated carbocycles. The monoisotopic (exact) mass is 356 g/mol. The van der Waals surface area contributed by atoms with Crippen LogP contribution in [0.5, 0.6) is 5.75 Å². The zero-order valence-corrected chi connectivity index (χ0v) is 12.5. The number of non-ortho nitro benzene ring substituents is 1. The molecule has 0 amide bonds. The minimum Gasteiger partial charge on any atom is -0.487 e. The number of hydrogen-bond acceptors (Lipinski definition) is 4. The summed E-state index contributed by atoms with van der Waals surface area (Å²) in [6.45, 7) is 0.106. The summed E-state index contributed by atoms with van der Waals surface area (Å²) in [6, 6.07) is 9.43. The molecule has 0 aromatic heterocycles. The Morgan fingerprint density at radius 1 is 1.30 bits per heavy atom. The topological polar surface area (TPSA) is 78.4 Å². The van der Waals surface area contributed by atoms with Crippen LogP contribution in [-0.2, 0) is 6.61 Å².